The van der Waals surface area contributed by atoms with Crippen LogP contribution >= 0.6 is 11.8 Å². The van der Waals surface area contributed by atoms with E-state index in [-0.39, 0.29) is 17.0 Å². The molecule has 1 saturated heterocycles. The average Bonchev–Trinajstić information content (AvgIpc) is 3.01. The first-order valence-electron chi connectivity index (χ1n) is 7.17. The number of carbonyl (C=O) groups excluding carboxylic acids is 1. The van der Waals surface area contributed by atoms with Crippen molar-refractivity contribution in [2.45, 2.75) is 12.3 Å². The zero-order valence-electron chi connectivity index (χ0n) is 12.8. The molecule has 2 rings (SSSR count). The van der Waals surface area contributed by atoms with Gasteiger partial charge in [-0.3, -0.25) is 9.00 Å². The Labute approximate surface area is 137 Å². The van der Waals surface area contributed by atoms with Gasteiger partial charge >= 0.3 is 0 Å². The maximum Gasteiger partial charge on any atom is 0.236 e. The van der Waals surface area contributed by atoms with Gasteiger partial charge in [-0.25, -0.2) is 0 Å². The molecule has 1 fully saturated rings. The van der Waals surface area contributed by atoms with Crippen molar-refractivity contribution in [2.24, 2.45) is 0 Å². The third-order valence-electron chi connectivity index (χ3n) is 3.37. The van der Waals surface area contributed by atoms with Crippen molar-refractivity contribution >= 4 is 28.5 Å². The van der Waals surface area contributed by atoms with Gasteiger partial charge in [0.05, 0.1) is 7.11 Å². The Balaban J connectivity index is 1.94. The van der Waals surface area contributed by atoms with Gasteiger partial charge in [0.25, 0.3) is 0 Å². The van der Waals surface area contributed by atoms with Crippen molar-refractivity contribution in [2.75, 3.05) is 37.5 Å². The van der Waals surface area contributed by atoms with Crippen LogP contribution in [0.4, 0.5) is 0 Å². The van der Waals surface area contributed by atoms with Gasteiger partial charge in [0.15, 0.2) is 11.5 Å². The van der Waals surface area contributed by atoms with Crippen molar-refractivity contribution in [1.82, 2.24) is 4.90 Å². The summed E-state index contributed by atoms with van der Waals surface area (Å²) in [5.41, 5.74) is 0. The first-order chi connectivity index (χ1) is 10.7. The number of carbonyl (C=O) groups is 1. The first-order valence-corrected chi connectivity index (χ1v) is 9.71. The maximum absolute atomic E-state index is 12.2. The van der Waals surface area contributed by atoms with Crippen LogP contribution in [-0.4, -0.2) is 57.9 Å². The number of methoxy groups -OCH3 is 1. The summed E-state index contributed by atoms with van der Waals surface area (Å²) in [5, 5.41) is -0.0359. The maximum atomic E-state index is 12.2. The molecule has 0 N–H and O–H groups in total. The van der Waals surface area contributed by atoms with Crippen molar-refractivity contribution in [3.05, 3.63) is 24.3 Å². The summed E-state index contributed by atoms with van der Waals surface area (Å²) >= 11 is 1.69. The molecular formula is C15H21NO4S2. The van der Waals surface area contributed by atoms with Gasteiger partial charge in [0.2, 0.25) is 5.91 Å². The lowest BCUT2D eigenvalue weighted by Gasteiger charge is -2.24. The zero-order valence-corrected chi connectivity index (χ0v) is 14.5. The minimum atomic E-state index is -1.07. The monoisotopic (exact) mass is 343 g/mol. The number of benzene rings is 1. The molecule has 5 nitrogen and oxygen atoms in total. The Kier molecular flexibility index (Phi) is 6.57. The van der Waals surface area contributed by atoms with E-state index in [0.717, 1.165) is 5.75 Å². The van der Waals surface area contributed by atoms with E-state index < -0.39 is 10.8 Å². The molecule has 0 spiro atoms. The first kappa shape index (κ1) is 17.1. The summed E-state index contributed by atoms with van der Waals surface area (Å²) in [5.74, 6) is 2.78. The summed E-state index contributed by atoms with van der Waals surface area (Å²) < 4.78 is 22.6. The van der Waals surface area contributed by atoms with Crippen molar-refractivity contribution < 1.29 is 18.5 Å². The number of rotatable bonds is 7. The molecule has 0 bridgehead atoms. The molecule has 2 atom stereocenters. The van der Waals surface area contributed by atoms with E-state index in [4.69, 9.17) is 9.47 Å². The van der Waals surface area contributed by atoms with Crippen LogP contribution in [0.2, 0.25) is 0 Å². The quantitative estimate of drug-likeness (QED) is 0.755. The Morgan fingerprint density at radius 3 is 2.82 bits per heavy atom. The normalized spacial score (nSPS) is 19.0. The molecule has 22 heavy (non-hydrogen) atoms. The highest BCUT2D eigenvalue weighted by atomic mass is 32.2. The molecule has 0 radical (unpaired) electrons. The Morgan fingerprint density at radius 1 is 1.41 bits per heavy atom. The van der Waals surface area contributed by atoms with Gasteiger partial charge in [0, 0.05) is 28.9 Å². The molecule has 0 saturated carbocycles. The van der Waals surface area contributed by atoms with Crippen molar-refractivity contribution in [1.29, 1.82) is 0 Å². The van der Waals surface area contributed by atoms with Crippen LogP contribution in [0.15, 0.2) is 24.3 Å². The molecule has 0 unspecified atom stereocenters. The lowest BCUT2D eigenvalue weighted by Crippen LogP contribution is -2.40. The van der Waals surface area contributed by atoms with E-state index in [1.807, 2.05) is 31.2 Å². The third-order valence-corrected chi connectivity index (χ3v) is 5.77. The van der Waals surface area contributed by atoms with Gasteiger partial charge in [-0.05, 0) is 12.1 Å². The highest BCUT2D eigenvalue weighted by Gasteiger charge is 2.30. The molecular weight excluding hydrogens is 322 g/mol. The molecule has 1 heterocycles. The number of hydrogen-bond donors (Lipinski definition) is 0. The number of thioether (sulfide) groups is 1. The molecule has 0 aromatic heterocycles. The summed E-state index contributed by atoms with van der Waals surface area (Å²) in [6.45, 7) is 2.91. The van der Waals surface area contributed by atoms with Crippen LogP contribution in [-0.2, 0) is 15.6 Å². The standard InChI is InChI=1S/C15H21NO4S2/c1-3-22(18)11-14(17)16-8-9-21-15(16)10-20-13-7-5-4-6-12(13)19-2/h4-7,15H,3,8-11H2,1-2H3/t15-,22+/m0/s1. The predicted molar refractivity (Wildman–Crippen MR) is 90.0 cm³/mol. The molecule has 1 aliphatic rings. The largest absolute Gasteiger partial charge is 0.493 e. The second kappa shape index (κ2) is 8.43. The minimum absolute atomic E-state index is 0.0359. The Hall–Kier alpha value is -1.21. The number of hydrogen-bond acceptors (Lipinski definition) is 5. The minimum Gasteiger partial charge on any atom is -0.493 e. The van der Waals surface area contributed by atoms with E-state index in [2.05, 4.69) is 0 Å². The van der Waals surface area contributed by atoms with Crippen LogP contribution in [0.5, 0.6) is 11.5 Å². The van der Waals surface area contributed by atoms with Crippen LogP contribution in [0.25, 0.3) is 0 Å². The van der Waals surface area contributed by atoms with E-state index in [0.29, 0.717) is 30.4 Å². The van der Waals surface area contributed by atoms with E-state index >= 15 is 0 Å². The lowest BCUT2D eigenvalue weighted by atomic mass is 10.3. The van der Waals surface area contributed by atoms with Gasteiger partial charge < -0.3 is 14.4 Å². The molecule has 1 aromatic carbocycles. The van der Waals surface area contributed by atoms with Gasteiger partial charge in [-0.1, -0.05) is 19.1 Å². The molecule has 0 aliphatic carbocycles. The van der Waals surface area contributed by atoms with Crippen molar-refractivity contribution in [3.63, 3.8) is 0 Å². The molecule has 1 amide bonds. The lowest BCUT2D eigenvalue weighted by molar-refractivity contribution is -0.128. The topological polar surface area (TPSA) is 55.8 Å². The van der Waals surface area contributed by atoms with E-state index in [9.17, 15) is 9.00 Å². The van der Waals surface area contributed by atoms with E-state index in [1.165, 1.54) is 0 Å². The van der Waals surface area contributed by atoms with Gasteiger partial charge in [-0.15, -0.1) is 11.8 Å². The second-order valence-electron chi connectivity index (χ2n) is 4.75. The summed E-state index contributed by atoms with van der Waals surface area (Å²) in [6, 6.07) is 7.44. The summed E-state index contributed by atoms with van der Waals surface area (Å²) in [7, 11) is 0.525. The summed E-state index contributed by atoms with van der Waals surface area (Å²) in [4.78, 5) is 14.0. The average molecular weight is 343 g/mol. The van der Waals surface area contributed by atoms with Gasteiger partial charge in [0.1, 0.15) is 17.7 Å². The Bertz CT molecular complexity index is 538. The highest BCUT2D eigenvalue weighted by molar-refractivity contribution is 8.00. The zero-order chi connectivity index (χ0) is 15.9. The third kappa shape index (κ3) is 4.39. The summed E-state index contributed by atoms with van der Waals surface area (Å²) in [6.07, 6.45) is 0. The fourth-order valence-electron chi connectivity index (χ4n) is 2.17. The number of para-hydroxylation sites is 2. The number of amides is 1. The number of nitrogens with zero attached hydrogens (tertiary/aromatic N) is 1. The second-order valence-corrected chi connectivity index (χ2v) is 7.78. The predicted octanol–water partition coefficient (Wildman–Crippen LogP) is 1.74. The Morgan fingerprint density at radius 2 is 2.14 bits per heavy atom. The SMILES string of the molecule is CC[S@@](=O)CC(=O)N1CCS[C@H]1COc1ccccc1OC. The van der Waals surface area contributed by atoms with Gasteiger partial charge in [-0.2, -0.15) is 0 Å². The molecule has 122 valence electrons. The van der Waals surface area contributed by atoms with Crippen LogP contribution in [0, 0.1) is 0 Å². The highest BCUT2D eigenvalue weighted by Crippen LogP contribution is 2.29. The van der Waals surface area contributed by atoms with E-state index in [1.54, 1.807) is 23.8 Å². The molecule has 7 heteroatoms. The fourth-order valence-corrected chi connectivity index (χ4v) is 3.95. The number of ether oxygens (including phenoxy) is 2. The van der Waals surface area contributed by atoms with Crippen molar-refractivity contribution in [3.8, 4) is 11.5 Å². The van der Waals surface area contributed by atoms with Crippen LogP contribution in [0.1, 0.15) is 6.92 Å². The van der Waals surface area contributed by atoms with Crippen LogP contribution in [0.3, 0.4) is 0 Å². The fraction of sp³-hybridized carbons (Fsp3) is 0.533. The van der Waals surface area contributed by atoms with Crippen LogP contribution < -0.4 is 9.47 Å². The molecule has 1 aliphatic heterocycles. The molecule has 1 aromatic rings. The smallest absolute Gasteiger partial charge is 0.236 e.